The van der Waals surface area contributed by atoms with Crippen LogP contribution in [0, 0.1) is 5.82 Å². The fraction of sp³-hybridized carbons (Fsp3) is 0.269. The maximum Gasteiger partial charge on any atom is 0.258 e. The van der Waals surface area contributed by atoms with Gasteiger partial charge in [0.2, 0.25) is 10.0 Å². The Morgan fingerprint density at radius 3 is 2.47 bits per heavy atom. The summed E-state index contributed by atoms with van der Waals surface area (Å²) in [6, 6.07) is 16.7. The number of methoxy groups -OCH3 is 1. The van der Waals surface area contributed by atoms with E-state index in [1.807, 2.05) is 12.1 Å². The molecule has 1 heterocycles. The summed E-state index contributed by atoms with van der Waals surface area (Å²) in [6.07, 6.45) is 1.65. The molecule has 1 N–H and O–H groups in total. The Morgan fingerprint density at radius 2 is 1.75 bits per heavy atom. The number of nitrogens with zero attached hydrogens (tertiary/aromatic N) is 1. The van der Waals surface area contributed by atoms with Crippen molar-refractivity contribution in [3.05, 3.63) is 77.6 Å². The molecule has 0 bridgehead atoms. The lowest BCUT2D eigenvalue weighted by Crippen LogP contribution is -2.37. The summed E-state index contributed by atoms with van der Waals surface area (Å²) in [5.74, 6) is -0.221. The molecule has 3 aromatic carbocycles. The summed E-state index contributed by atoms with van der Waals surface area (Å²) < 4.78 is 55.4. The Kier molecular flexibility index (Phi) is 7.88. The molecule has 1 aliphatic rings. The third-order valence-corrected chi connectivity index (χ3v) is 6.25. The van der Waals surface area contributed by atoms with Crippen LogP contribution in [0.4, 0.5) is 15.8 Å². The van der Waals surface area contributed by atoms with Gasteiger partial charge in [-0.05, 0) is 59.5 Å². The molecule has 0 radical (unpaired) electrons. The summed E-state index contributed by atoms with van der Waals surface area (Å²) in [5, 5.41) is 0. The van der Waals surface area contributed by atoms with Gasteiger partial charge in [0.1, 0.15) is 11.6 Å². The number of carbonyl (C=O) groups excluding carboxylic acids is 1. The van der Waals surface area contributed by atoms with E-state index in [0.29, 0.717) is 37.4 Å². The van der Waals surface area contributed by atoms with E-state index in [1.165, 1.54) is 12.1 Å². The average Bonchev–Trinajstić information content (AvgIpc) is 2.84. The smallest absolute Gasteiger partial charge is 0.258 e. The van der Waals surface area contributed by atoms with Gasteiger partial charge in [-0.25, -0.2) is 12.8 Å². The van der Waals surface area contributed by atoms with Crippen molar-refractivity contribution in [2.75, 3.05) is 49.5 Å². The lowest BCUT2D eigenvalue weighted by Gasteiger charge is -2.29. The molecule has 8 nitrogen and oxygen atoms in total. The predicted molar refractivity (Wildman–Crippen MR) is 135 cm³/mol. The third kappa shape index (κ3) is 6.20. The second-order valence-electron chi connectivity index (χ2n) is 8.30. The van der Waals surface area contributed by atoms with Crippen LogP contribution >= 0.6 is 0 Å². The molecule has 4 rings (SSSR count). The van der Waals surface area contributed by atoms with Crippen LogP contribution in [-0.2, 0) is 25.9 Å². The highest BCUT2D eigenvalue weighted by molar-refractivity contribution is 7.92. The molecule has 10 heteroatoms. The average molecular weight is 515 g/mol. The van der Waals surface area contributed by atoms with Crippen LogP contribution in [0.5, 0.6) is 5.75 Å². The Labute approximate surface area is 209 Å². The number of halogens is 1. The highest BCUT2D eigenvalue weighted by atomic mass is 32.2. The summed E-state index contributed by atoms with van der Waals surface area (Å²) in [7, 11) is -2.04. The second kappa shape index (κ2) is 11.1. The standard InChI is InChI=1S/C26H27FN2O6S/c1-33-13-14-34-17-35-25-10-8-22(16-24(25)28-36(2,31)32)29-12-11-20-15-19(5-9-23(20)26(29)30)18-3-6-21(27)7-4-18/h3-10,15-16,28H,11-14,17H2,1-2H3. The molecular weight excluding hydrogens is 487 g/mol. The van der Waals surface area contributed by atoms with Crippen LogP contribution in [0.3, 0.4) is 0 Å². The first kappa shape index (κ1) is 25.6. The zero-order valence-electron chi connectivity index (χ0n) is 20.0. The van der Waals surface area contributed by atoms with E-state index in [1.54, 1.807) is 48.4 Å². The van der Waals surface area contributed by atoms with Gasteiger partial charge in [0, 0.05) is 24.9 Å². The minimum Gasteiger partial charge on any atom is -0.465 e. The highest BCUT2D eigenvalue weighted by Gasteiger charge is 2.26. The monoisotopic (exact) mass is 514 g/mol. The lowest BCUT2D eigenvalue weighted by molar-refractivity contribution is -0.00813. The maximum absolute atomic E-state index is 13.3. The number of hydrogen-bond acceptors (Lipinski definition) is 6. The van der Waals surface area contributed by atoms with Gasteiger partial charge in [-0.2, -0.15) is 0 Å². The fourth-order valence-electron chi connectivity index (χ4n) is 3.95. The molecule has 36 heavy (non-hydrogen) atoms. The molecule has 0 saturated carbocycles. The van der Waals surface area contributed by atoms with Crippen molar-refractivity contribution < 1.29 is 31.8 Å². The van der Waals surface area contributed by atoms with E-state index in [9.17, 15) is 17.6 Å². The molecular formula is C26H27FN2O6S. The van der Waals surface area contributed by atoms with Crippen molar-refractivity contribution in [3.8, 4) is 16.9 Å². The molecule has 1 amide bonds. The fourth-order valence-corrected chi connectivity index (χ4v) is 4.51. The number of amides is 1. The molecule has 0 fully saturated rings. The van der Waals surface area contributed by atoms with Gasteiger partial charge < -0.3 is 19.1 Å². The zero-order chi connectivity index (χ0) is 25.7. The molecule has 0 saturated heterocycles. The minimum absolute atomic E-state index is 0.0897. The number of benzene rings is 3. The Bertz CT molecular complexity index is 1350. The van der Waals surface area contributed by atoms with E-state index in [-0.39, 0.29) is 30.0 Å². The Hall–Kier alpha value is -3.47. The van der Waals surface area contributed by atoms with Gasteiger partial charge in [-0.1, -0.05) is 24.3 Å². The maximum atomic E-state index is 13.3. The van der Waals surface area contributed by atoms with Crippen LogP contribution in [0.2, 0.25) is 0 Å². The van der Waals surface area contributed by atoms with Crippen LogP contribution in [0.1, 0.15) is 15.9 Å². The van der Waals surface area contributed by atoms with Crippen molar-refractivity contribution in [2.24, 2.45) is 0 Å². The van der Waals surface area contributed by atoms with Crippen molar-refractivity contribution in [1.82, 2.24) is 0 Å². The van der Waals surface area contributed by atoms with Crippen LogP contribution < -0.4 is 14.4 Å². The summed E-state index contributed by atoms with van der Waals surface area (Å²) in [6.45, 7) is 1.06. The number of hydrogen-bond donors (Lipinski definition) is 1. The molecule has 0 atom stereocenters. The predicted octanol–water partition coefficient (Wildman–Crippen LogP) is 4.07. The first-order chi connectivity index (χ1) is 17.2. The van der Waals surface area contributed by atoms with Crippen LogP contribution in [0.25, 0.3) is 11.1 Å². The van der Waals surface area contributed by atoms with Gasteiger partial charge in [0.15, 0.2) is 6.79 Å². The molecule has 0 unspecified atom stereocenters. The first-order valence-corrected chi connectivity index (χ1v) is 13.2. The topological polar surface area (TPSA) is 94.2 Å². The van der Waals surface area contributed by atoms with Crippen LogP contribution in [-0.4, -0.2) is 54.2 Å². The van der Waals surface area contributed by atoms with E-state index in [0.717, 1.165) is 22.9 Å². The number of fused-ring (bicyclic) bond motifs is 1. The molecule has 0 aromatic heterocycles. The zero-order valence-corrected chi connectivity index (χ0v) is 20.8. The number of anilines is 2. The number of ether oxygens (including phenoxy) is 3. The minimum atomic E-state index is -3.60. The van der Waals surface area contributed by atoms with E-state index in [2.05, 4.69) is 4.72 Å². The lowest BCUT2D eigenvalue weighted by atomic mass is 9.93. The van der Waals surface area contributed by atoms with Crippen molar-refractivity contribution >= 4 is 27.3 Å². The molecule has 3 aromatic rings. The number of nitrogens with one attached hydrogen (secondary N) is 1. The number of sulfonamides is 1. The Balaban J connectivity index is 1.56. The Morgan fingerprint density at radius 1 is 1.00 bits per heavy atom. The SMILES string of the molecule is COCCOCOc1ccc(N2CCc3cc(-c4ccc(F)cc4)ccc3C2=O)cc1NS(C)(=O)=O. The van der Waals surface area contributed by atoms with Crippen molar-refractivity contribution in [3.63, 3.8) is 0 Å². The molecule has 1 aliphatic heterocycles. The summed E-state index contributed by atoms with van der Waals surface area (Å²) in [4.78, 5) is 14.9. The molecule has 190 valence electrons. The van der Waals surface area contributed by atoms with E-state index in [4.69, 9.17) is 14.2 Å². The normalized spacial score (nSPS) is 13.4. The summed E-state index contributed by atoms with van der Waals surface area (Å²) in [5.41, 5.74) is 3.98. The van der Waals surface area contributed by atoms with Gasteiger partial charge in [-0.3, -0.25) is 9.52 Å². The van der Waals surface area contributed by atoms with Crippen LogP contribution in [0.15, 0.2) is 60.7 Å². The van der Waals surface area contributed by atoms with Gasteiger partial charge in [0.05, 0.1) is 25.2 Å². The van der Waals surface area contributed by atoms with Crippen molar-refractivity contribution in [1.29, 1.82) is 0 Å². The van der Waals surface area contributed by atoms with Gasteiger partial charge >= 0.3 is 0 Å². The number of rotatable bonds is 10. The molecule has 0 aliphatic carbocycles. The second-order valence-corrected chi connectivity index (χ2v) is 10.1. The third-order valence-electron chi connectivity index (χ3n) is 5.66. The largest absolute Gasteiger partial charge is 0.465 e. The first-order valence-electron chi connectivity index (χ1n) is 11.3. The molecule has 0 spiro atoms. The van der Waals surface area contributed by atoms with Gasteiger partial charge in [-0.15, -0.1) is 0 Å². The van der Waals surface area contributed by atoms with E-state index >= 15 is 0 Å². The summed E-state index contributed by atoms with van der Waals surface area (Å²) >= 11 is 0. The number of carbonyl (C=O) groups is 1. The van der Waals surface area contributed by atoms with E-state index < -0.39 is 10.0 Å². The highest BCUT2D eigenvalue weighted by Crippen LogP contribution is 2.34. The van der Waals surface area contributed by atoms with Crippen molar-refractivity contribution in [2.45, 2.75) is 6.42 Å². The quantitative estimate of drug-likeness (QED) is 0.324. The van der Waals surface area contributed by atoms with Gasteiger partial charge in [0.25, 0.3) is 5.91 Å².